The third-order valence-corrected chi connectivity index (χ3v) is 7.97. The highest BCUT2D eigenvalue weighted by Crippen LogP contribution is 2.46. The smallest absolute Gasteiger partial charge is 0.241 e. The summed E-state index contributed by atoms with van der Waals surface area (Å²) in [6.07, 6.45) is 6.07. The van der Waals surface area contributed by atoms with Crippen LogP contribution in [0.2, 0.25) is 0 Å². The second-order valence-corrected chi connectivity index (χ2v) is 10.0. The number of ether oxygens (including phenoxy) is 2. The van der Waals surface area contributed by atoms with Crippen LogP contribution in [0, 0.1) is 13.8 Å². The zero-order valence-corrected chi connectivity index (χ0v) is 18.1. The molecule has 0 bridgehead atoms. The molecule has 4 rings (SSSR count). The predicted molar refractivity (Wildman–Crippen MR) is 113 cm³/mol. The first-order valence-electron chi connectivity index (χ1n) is 10.3. The molecular formula is C23H29NO4S. The summed E-state index contributed by atoms with van der Waals surface area (Å²) in [6, 6.07) is 11.0. The number of hydrogen-bond donors (Lipinski definition) is 1. The maximum atomic E-state index is 13.4. The molecule has 156 valence electrons. The number of hydrogen-bond acceptors (Lipinski definition) is 4. The lowest BCUT2D eigenvalue weighted by atomic mass is 9.77. The van der Waals surface area contributed by atoms with Crippen molar-refractivity contribution >= 4 is 10.0 Å². The highest BCUT2D eigenvalue weighted by molar-refractivity contribution is 7.89. The monoisotopic (exact) mass is 415 g/mol. The number of nitrogens with one attached hydrogen (secondary N) is 1. The van der Waals surface area contributed by atoms with Crippen LogP contribution in [0.4, 0.5) is 0 Å². The van der Waals surface area contributed by atoms with Gasteiger partial charge in [-0.25, -0.2) is 13.1 Å². The summed E-state index contributed by atoms with van der Waals surface area (Å²) in [5.41, 5.74) is 2.00. The van der Waals surface area contributed by atoms with Crippen LogP contribution in [0.15, 0.2) is 41.3 Å². The van der Waals surface area contributed by atoms with E-state index in [0.717, 1.165) is 37.0 Å². The molecule has 2 aromatic carbocycles. The normalized spacial score (nSPS) is 20.7. The van der Waals surface area contributed by atoms with Gasteiger partial charge < -0.3 is 9.47 Å². The molecule has 1 spiro atoms. The molecule has 0 amide bonds. The van der Waals surface area contributed by atoms with E-state index >= 15 is 0 Å². The van der Waals surface area contributed by atoms with Crippen LogP contribution in [0.25, 0.3) is 0 Å². The van der Waals surface area contributed by atoms with Gasteiger partial charge in [-0.05, 0) is 68.9 Å². The van der Waals surface area contributed by atoms with Gasteiger partial charge in [0.1, 0.15) is 17.1 Å². The minimum absolute atomic E-state index is 0.274. The Hall–Kier alpha value is -2.05. The number of para-hydroxylation sites is 1. The van der Waals surface area contributed by atoms with E-state index in [2.05, 4.69) is 4.72 Å². The van der Waals surface area contributed by atoms with Gasteiger partial charge in [0.15, 0.2) is 0 Å². The molecule has 0 radical (unpaired) electrons. The van der Waals surface area contributed by atoms with Gasteiger partial charge in [0.2, 0.25) is 10.0 Å². The summed E-state index contributed by atoms with van der Waals surface area (Å²) in [7, 11) is -2.12. The van der Waals surface area contributed by atoms with Gasteiger partial charge in [0, 0.05) is 12.0 Å². The molecule has 0 saturated heterocycles. The summed E-state index contributed by atoms with van der Waals surface area (Å²) in [6.45, 7) is 3.62. The van der Waals surface area contributed by atoms with E-state index in [0.29, 0.717) is 28.2 Å². The average molecular weight is 416 g/mol. The van der Waals surface area contributed by atoms with E-state index in [1.807, 2.05) is 38.1 Å². The zero-order chi connectivity index (χ0) is 20.6. The first kappa shape index (κ1) is 20.2. The molecule has 1 atom stereocenters. The molecule has 1 saturated carbocycles. The average Bonchev–Trinajstić information content (AvgIpc) is 2.67. The highest BCUT2D eigenvalue weighted by atomic mass is 32.2. The fourth-order valence-corrected chi connectivity index (χ4v) is 6.59. The number of sulfonamides is 1. The standard InChI is InChI=1S/C23H29NO4S/c1-16-13-18(27-3)14-17(2)22(16)29(25,26)24-20-15-23(11-7-4-8-12-23)28-21-10-6-5-9-19(20)21/h5-6,9-10,13-14,20,24H,4,7-8,11-12,15H2,1-3H3. The van der Waals surface area contributed by atoms with Crippen LogP contribution < -0.4 is 14.2 Å². The largest absolute Gasteiger partial charge is 0.497 e. The summed E-state index contributed by atoms with van der Waals surface area (Å²) in [5, 5.41) is 0. The van der Waals surface area contributed by atoms with Gasteiger partial charge in [-0.3, -0.25) is 0 Å². The molecular weight excluding hydrogens is 386 g/mol. The number of aryl methyl sites for hydroxylation is 2. The molecule has 1 aliphatic carbocycles. The molecule has 1 heterocycles. The number of fused-ring (bicyclic) bond motifs is 1. The maximum Gasteiger partial charge on any atom is 0.241 e. The Labute approximate surface area is 173 Å². The van der Waals surface area contributed by atoms with E-state index in [-0.39, 0.29) is 11.6 Å². The van der Waals surface area contributed by atoms with Crippen molar-refractivity contribution in [1.29, 1.82) is 0 Å². The lowest BCUT2D eigenvalue weighted by Gasteiger charge is -2.44. The molecule has 1 aliphatic heterocycles. The van der Waals surface area contributed by atoms with Crippen LogP contribution in [0.1, 0.15) is 61.3 Å². The van der Waals surface area contributed by atoms with Gasteiger partial charge in [0.05, 0.1) is 18.0 Å². The van der Waals surface area contributed by atoms with E-state index in [1.54, 1.807) is 19.2 Å². The highest BCUT2D eigenvalue weighted by Gasteiger charge is 2.43. The minimum Gasteiger partial charge on any atom is -0.497 e. The number of rotatable bonds is 4. The second kappa shape index (κ2) is 7.65. The topological polar surface area (TPSA) is 64.6 Å². The lowest BCUT2D eigenvalue weighted by molar-refractivity contribution is 0.0000752. The van der Waals surface area contributed by atoms with E-state index in [4.69, 9.17) is 9.47 Å². The fourth-order valence-electron chi connectivity index (χ4n) is 4.92. The number of benzene rings is 2. The Balaban J connectivity index is 1.71. The van der Waals surface area contributed by atoms with Gasteiger partial charge in [-0.15, -0.1) is 0 Å². The van der Waals surface area contributed by atoms with Crippen molar-refractivity contribution in [2.75, 3.05) is 7.11 Å². The molecule has 2 aromatic rings. The maximum absolute atomic E-state index is 13.4. The van der Waals surface area contributed by atoms with Crippen LogP contribution in [0.5, 0.6) is 11.5 Å². The Morgan fingerprint density at radius 3 is 2.38 bits per heavy atom. The Morgan fingerprint density at radius 2 is 1.72 bits per heavy atom. The number of methoxy groups -OCH3 is 1. The summed E-state index contributed by atoms with van der Waals surface area (Å²) >= 11 is 0. The zero-order valence-electron chi connectivity index (χ0n) is 17.3. The van der Waals surface area contributed by atoms with Crippen LogP contribution in [-0.4, -0.2) is 21.1 Å². The van der Waals surface area contributed by atoms with Crippen molar-refractivity contribution in [2.24, 2.45) is 0 Å². The van der Waals surface area contributed by atoms with Crippen LogP contribution in [0.3, 0.4) is 0 Å². The van der Waals surface area contributed by atoms with Gasteiger partial charge in [0.25, 0.3) is 0 Å². The summed E-state index contributed by atoms with van der Waals surface area (Å²) in [5.74, 6) is 1.47. The third-order valence-electron chi connectivity index (χ3n) is 6.20. The van der Waals surface area contributed by atoms with Crippen molar-refractivity contribution in [3.8, 4) is 11.5 Å². The van der Waals surface area contributed by atoms with E-state index < -0.39 is 10.0 Å². The second-order valence-electron chi connectivity index (χ2n) is 8.35. The molecule has 1 unspecified atom stereocenters. The Kier molecular flexibility index (Phi) is 5.34. The van der Waals surface area contributed by atoms with Crippen LogP contribution >= 0.6 is 0 Å². The van der Waals surface area contributed by atoms with Crippen molar-refractivity contribution < 1.29 is 17.9 Å². The van der Waals surface area contributed by atoms with E-state index in [1.165, 1.54) is 6.42 Å². The van der Waals surface area contributed by atoms with Crippen molar-refractivity contribution in [3.05, 3.63) is 53.1 Å². The van der Waals surface area contributed by atoms with Gasteiger partial charge in [-0.2, -0.15) is 0 Å². The molecule has 2 aliphatic rings. The first-order chi connectivity index (χ1) is 13.8. The molecule has 0 aromatic heterocycles. The molecule has 29 heavy (non-hydrogen) atoms. The predicted octanol–water partition coefficient (Wildman–Crippen LogP) is 4.82. The minimum atomic E-state index is -3.71. The first-order valence-corrected chi connectivity index (χ1v) is 11.8. The molecule has 6 heteroatoms. The fraction of sp³-hybridized carbons (Fsp3) is 0.478. The van der Waals surface area contributed by atoms with Crippen LogP contribution in [-0.2, 0) is 10.0 Å². The van der Waals surface area contributed by atoms with Gasteiger partial charge >= 0.3 is 0 Å². The van der Waals surface area contributed by atoms with E-state index in [9.17, 15) is 8.42 Å². The molecule has 5 nitrogen and oxygen atoms in total. The van der Waals surface area contributed by atoms with Crippen molar-refractivity contribution in [2.45, 2.75) is 68.9 Å². The summed E-state index contributed by atoms with van der Waals surface area (Å²) in [4.78, 5) is 0.333. The Morgan fingerprint density at radius 1 is 1.07 bits per heavy atom. The summed E-state index contributed by atoms with van der Waals surface area (Å²) < 4.78 is 41.6. The lowest BCUT2D eigenvalue weighted by Crippen LogP contribution is -2.46. The quantitative estimate of drug-likeness (QED) is 0.778. The van der Waals surface area contributed by atoms with Gasteiger partial charge in [-0.1, -0.05) is 24.6 Å². The third kappa shape index (κ3) is 3.88. The Bertz CT molecular complexity index is 986. The SMILES string of the molecule is COc1cc(C)c(S(=O)(=O)NC2CC3(CCCCC3)Oc3ccccc32)c(C)c1. The molecule has 1 N–H and O–H groups in total. The van der Waals surface area contributed by atoms with Crippen molar-refractivity contribution in [3.63, 3.8) is 0 Å². The van der Waals surface area contributed by atoms with Crippen molar-refractivity contribution in [1.82, 2.24) is 4.72 Å². The molecule has 1 fully saturated rings.